The summed E-state index contributed by atoms with van der Waals surface area (Å²) in [4.78, 5) is 10.7. The molecule has 5 N–H and O–H groups in total. The zero-order valence-corrected chi connectivity index (χ0v) is 7.66. The van der Waals surface area contributed by atoms with Gasteiger partial charge in [-0.3, -0.25) is 10.2 Å². The molecule has 0 saturated heterocycles. The number of carbonyl (C=O) groups is 1. The summed E-state index contributed by atoms with van der Waals surface area (Å²) >= 11 is 0. The number of nitrogens with two attached hydrogens (primary N) is 1. The van der Waals surface area contributed by atoms with Gasteiger partial charge in [0.25, 0.3) is 0 Å². The van der Waals surface area contributed by atoms with Crippen LogP contribution in [0.25, 0.3) is 0 Å². The minimum absolute atomic E-state index is 0.122. The van der Waals surface area contributed by atoms with Crippen molar-refractivity contribution in [3.8, 4) is 5.75 Å². The van der Waals surface area contributed by atoms with Gasteiger partial charge in [0.1, 0.15) is 11.6 Å². The molecule has 5 nitrogen and oxygen atoms in total. The molecule has 14 heavy (non-hydrogen) atoms. The number of amides is 1. The number of benzene rings is 1. The summed E-state index contributed by atoms with van der Waals surface area (Å²) in [6.45, 7) is 1.37. The second-order valence-corrected chi connectivity index (χ2v) is 2.83. The van der Waals surface area contributed by atoms with Crippen molar-refractivity contribution >= 4 is 17.4 Å². The highest BCUT2D eigenvalue weighted by Crippen LogP contribution is 2.21. The molecule has 1 amide bonds. The van der Waals surface area contributed by atoms with Crippen LogP contribution in [-0.4, -0.2) is 16.8 Å². The molecule has 0 saturated carbocycles. The Labute approximate surface area is 81.1 Å². The molecule has 0 atom stereocenters. The van der Waals surface area contributed by atoms with E-state index in [0.29, 0.717) is 5.69 Å². The van der Waals surface area contributed by atoms with Crippen LogP contribution in [0.4, 0.5) is 5.69 Å². The number of nitrogen functional groups attached to an aromatic ring is 1. The Hall–Kier alpha value is -2.04. The van der Waals surface area contributed by atoms with Crippen LogP contribution in [0.15, 0.2) is 18.2 Å². The highest BCUT2D eigenvalue weighted by molar-refractivity contribution is 5.98. The molecule has 0 fully saturated rings. The van der Waals surface area contributed by atoms with Gasteiger partial charge in [-0.1, -0.05) is 0 Å². The molecule has 0 bridgehead atoms. The molecule has 0 radical (unpaired) electrons. The Morgan fingerprint density at radius 3 is 2.64 bits per heavy atom. The van der Waals surface area contributed by atoms with E-state index in [1.165, 1.54) is 19.1 Å². The summed E-state index contributed by atoms with van der Waals surface area (Å²) in [5, 5.41) is 19.0. The highest BCUT2D eigenvalue weighted by atomic mass is 16.3. The van der Waals surface area contributed by atoms with Crippen molar-refractivity contribution in [3.05, 3.63) is 23.8 Å². The van der Waals surface area contributed by atoms with Crippen LogP contribution in [0, 0.1) is 5.41 Å². The monoisotopic (exact) mass is 193 g/mol. The van der Waals surface area contributed by atoms with Crippen LogP contribution >= 0.6 is 0 Å². The molecule has 0 heterocycles. The van der Waals surface area contributed by atoms with Gasteiger partial charge in [0.15, 0.2) is 0 Å². The Kier molecular flexibility index (Phi) is 2.71. The molecule has 1 aromatic rings. The van der Waals surface area contributed by atoms with E-state index in [1.807, 2.05) is 0 Å². The van der Waals surface area contributed by atoms with E-state index in [0.717, 1.165) is 0 Å². The normalized spacial score (nSPS) is 9.50. The predicted molar refractivity (Wildman–Crippen MR) is 53.4 cm³/mol. The second kappa shape index (κ2) is 3.78. The smallest absolute Gasteiger partial charge is 0.221 e. The standard InChI is InChI=1S/C9H11N3O2/c1-5(13)12-6-2-3-7(9(10)11)8(14)4-6/h2-4,14H,1H3,(H3,10,11)(H,12,13). The van der Waals surface area contributed by atoms with Gasteiger partial charge in [0.2, 0.25) is 5.91 Å². The summed E-state index contributed by atoms with van der Waals surface area (Å²) in [5.74, 6) is -0.555. The van der Waals surface area contributed by atoms with E-state index in [-0.39, 0.29) is 23.1 Å². The topological polar surface area (TPSA) is 99.2 Å². The number of aromatic hydroxyl groups is 1. The van der Waals surface area contributed by atoms with E-state index in [4.69, 9.17) is 11.1 Å². The van der Waals surface area contributed by atoms with Crippen LogP contribution in [0.1, 0.15) is 12.5 Å². The molecule has 0 aliphatic rings. The van der Waals surface area contributed by atoms with Crippen molar-refractivity contribution < 1.29 is 9.90 Å². The fourth-order valence-corrected chi connectivity index (χ4v) is 1.04. The van der Waals surface area contributed by atoms with Crippen molar-refractivity contribution in [2.75, 3.05) is 5.32 Å². The van der Waals surface area contributed by atoms with Crippen molar-refractivity contribution in [2.24, 2.45) is 5.73 Å². The summed E-state index contributed by atoms with van der Waals surface area (Å²) in [6.07, 6.45) is 0. The van der Waals surface area contributed by atoms with Crippen molar-refractivity contribution in [3.63, 3.8) is 0 Å². The number of amidine groups is 1. The lowest BCUT2D eigenvalue weighted by Crippen LogP contribution is -2.12. The third-order valence-electron chi connectivity index (χ3n) is 1.61. The van der Waals surface area contributed by atoms with E-state index in [2.05, 4.69) is 5.32 Å². The lowest BCUT2D eigenvalue weighted by Gasteiger charge is -2.05. The lowest BCUT2D eigenvalue weighted by atomic mass is 10.1. The first-order valence-corrected chi connectivity index (χ1v) is 3.95. The first kappa shape index (κ1) is 10.0. The number of anilines is 1. The lowest BCUT2D eigenvalue weighted by molar-refractivity contribution is -0.114. The number of phenols is 1. The first-order valence-electron chi connectivity index (χ1n) is 3.95. The average molecular weight is 193 g/mol. The SMILES string of the molecule is CC(=O)Nc1ccc(C(=N)N)c(O)c1. The van der Waals surface area contributed by atoms with Gasteiger partial charge in [0, 0.05) is 18.7 Å². The van der Waals surface area contributed by atoms with Crippen molar-refractivity contribution in [1.29, 1.82) is 5.41 Å². The van der Waals surface area contributed by atoms with Crippen LogP contribution in [0.5, 0.6) is 5.75 Å². The fraction of sp³-hybridized carbons (Fsp3) is 0.111. The van der Waals surface area contributed by atoms with Crippen LogP contribution in [0.2, 0.25) is 0 Å². The Morgan fingerprint density at radius 2 is 2.21 bits per heavy atom. The summed E-state index contributed by atoms with van der Waals surface area (Å²) in [7, 11) is 0. The second-order valence-electron chi connectivity index (χ2n) is 2.83. The summed E-state index contributed by atoms with van der Waals surface area (Å²) < 4.78 is 0. The highest BCUT2D eigenvalue weighted by Gasteiger charge is 2.05. The number of hydrogen-bond acceptors (Lipinski definition) is 3. The van der Waals surface area contributed by atoms with Crippen LogP contribution < -0.4 is 11.1 Å². The van der Waals surface area contributed by atoms with Gasteiger partial charge in [-0.05, 0) is 12.1 Å². The maximum absolute atomic E-state index is 10.7. The third kappa shape index (κ3) is 2.22. The first-order chi connectivity index (χ1) is 6.50. The molecule has 0 unspecified atom stereocenters. The number of carbonyl (C=O) groups excluding carboxylic acids is 1. The minimum Gasteiger partial charge on any atom is -0.507 e. The Bertz CT molecular complexity index is 388. The quantitative estimate of drug-likeness (QED) is 0.409. The summed E-state index contributed by atoms with van der Waals surface area (Å²) in [6, 6.07) is 4.39. The molecule has 0 spiro atoms. The zero-order chi connectivity index (χ0) is 10.7. The molecule has 0 aliphatic heterocycles. The van der Waals surface area contributed by atoms with Gasteiger partial charge in [-0.15, -0.1) is 0 Å². The molecular formula is C9H11N3O2. The van der Waals surface area contributed by atoms with Gasteiger partial charge >= 0.3 is 0 Å². The molecule has 1 rings (SSSR count). The number of hydrogen-bond donors (Lipinski definition) is 4. The average Bonchev–Trinajstić information content (AvgIpc) is 2.01. The summed E-state index contributed by atoms with van der Waals surface area (Å²) in [5.41, 5.74) is 5.92. The van der Waals surface area contributed by atoms with E-state index < -0.39 is 0 Å². The van der Waals surface area contributed by atoms with E-state index in [1.54, 1.807) is 6.07 Å². The molecular weight excluding hydrogens is 182 g/mol. The van der Waals surface area contributed by atoms with E-state index in [9.17, 15) is 9.90 Å². The molecule has 1 aromatic carbocycles. The number of phenolic OH excluding ortho intramolecular Hbond substituents is 1. The van der Waals surface area contributed by atoms with Gasteiger partial charge in [-0.2, -0.15) is 0 Å². The molecule has 0 aromatic heterocycles. The third-order valence-corrected chi connectivity index (χ3v) is 1.61. The minimum atomic E-state index is -0.222. The largest absolute Gasteiger partial charge is 0.507 e. The predicted octanol–water partition coefficient (Wildman–Crippen LogP) is 0.635. The Balaban J connectivity index is 3.00. The van der Waals surface area contributed by atoms with Crippen LogP contribution in [-0.2, 0) is 4.79 Å². The van der Waals surface area contributed by atoms with Gasteiger partial charge in [0.05, 0.1) is 5.56 Å². The van der Waals surface area contributed by atoms with E-state index >= 15 is 0 Å². The number of nitrogens with one attached hydrogen (secondary N) is 2. The fourth-order valence-electron chi connectivity index (χ4n) is 1.04. The molecule has 74 valence electrons. The number of rotatable bonds is 2. The van der Waals surface area contributed by atoms with Crippen molar-refractivity contribution in [2.45, 2.75) is 6.92 Å². The van der Waals surface area contributed by atoms with Crippen molar-refractivity contribution in [1.82, 2.24) is 0 Å². The zero-order valence-electron chi connectivity index (χ0n) is 7.66. The van der Waals surface area contributed by atoms with Crippen LogP contribution in [0.3, 0.4) is 0 Å². The van der Waals surface area contributed by atoms with Gasteiger partial charge < -0.3 is 16.2 Å². The molecule has 5 heteroatoms. The van der Waals surface area contributed by atoms with Gasteiger partial charge in [-0.25, -0.2) is 0 Å². The maximum atomic E-state index is 10.7. The Morgan fingerprint density at radius 1 is 1.57 bits per heavy atom. The maximum Gasteiger partial charge on any atom is 0.221 e. The molecule has 0 aliphatic carbocycles.